The number of carbonyl (C=O) groups is 1. The van der Waals surface area contributed by atoms with Crippen molar-refractivity contribution >= 4 is 34.0 Å². The van der Waals surface area contributed by atoms with E-state index in [0.717, 1.165) is 6.07 Å². The first-order valence-electron chi connectivity index (χ1n) is 12.1. The Balaban J connectivity index is 1.39. The van der Waals surface area contributed by atoms with Crippen LogP contribution in [-0.2, 0) is 12.6 Å². The number of nitrogen functional groups attached to an aromatic ring is 2. The molecule has 13 heteroatoms. The summed E-state index contributed by atoms with van der Waals surface area (Å²) in [5, 5.41) is 7.55. The number of carbonyl (C=O) groups excluding carboxylic acids is 1. The maximum atomic E-state index is 13.9. The molecule has 0 radical (unpaired) electrons. The van der Waals surface area contributed by atoms with Gasteiger partial charge in [-0.1, -0.05) is 24.3 Å². The summed E-state index contributed by atoms with van der Waals surface area (Å²) in [6, 6.07) is 13.8. The third-order valence-electron chi connectivity index (χ3n) is 6.72. The van der Waals surface area contributed by atoms with Crippen molar-refractivity contribution in [1.82, 2.24) is 20.1 Å². The number of halogens is 3. The maximum Gasteiger partial charge on any atom is 0.417 e. The molecule has 10 nitrogen and oxygen atoms in total. The van der Waals surface area contributed by atoms with Crippen molar-refractivity contribution in [1.29, 1.82) is 0 Å². The molecule has 0 bridgehead atoms. The highest BCUT2D eigenvalue weighted by Crippen LogP contribution is 2.34. The van der Waals surface area contributed by atoms with E-state index < -0.39 is 23.2 Å². The molecular weight excluding hydrogens is 513 g/mol. The molecule has 1 aliphatic rings. The summed E-state index contributed by atoms with van der Waals surface area (Å²) < 4.78 is 41.7. The monoisotopic (exact) mass is 538 g/mol. The molecule has 1 fully saturated rings. The molecule has 6 N–H and O–H groups in total. The van der Waals surface area contributed by atoms with Gasteiger partial charge in [0.25, 0.3) is 11.5 Å². The Kier molecular flexibility index (Phi) is 6.83. The predicted octanol–water partition coefficient (Wildman–Crippen LogP) is 2.76. The average Bonchev–Trinajstić information content (AvgIpc) is 2.94. The van der Waals surface area contributed by atoms with Gasteiger partial charge in [-0.25, -0.2) is 10.1 Å². The highest BCUT2D eigenvalue weighted by atomic mass is 19.4. The zero-order valence-electron chi connectivity index (χ0n) is 20.6. The van der Waals surface area contributed by atoms with Gasteiger partial charge in [0, 0.05) is 38.0 Å². The summed E-state index contributed by atoms with van der Waals surface area (Å²) in [6.45, 7) is 1.12. The van der Waals surface area contributed by atoms with Gasteiger partial charge in [-0.3, -0.25) is 15.4 Å². The fraction of sp³-hybridized carbons (Fsp3) is 0.231. The number of nitrogens with one attached hydrogen (secondary N) is 2. The van der Waals surface area contributed by atoms with Gasteiger partial charge in [0.1, 0.15) is 5.82 Å². The van der Waals surface area contributed by atoms with E-state index >= 15 is 0 Å². The summed E-state index contributed by atoms with van der Waals surface area (Å²) in [6.07, 6.45) is -4.58. The molecule has 1 saturated heterocycles. The molecular formula is C26H25F3N8O2. The highest BCUT2D eigenvalue weighted by molar-refractivity contribution is 5.96. The van der Waals surface area contributed by atoms with Crippen LogP contribution in [0.3, 0.4) is 0 Å². The van der Waals surface area contributed by atoms with Crippen molar-refractivity contribution in [3.8, 4) is 0 Å². The van der Waals surface area contributed by atoms with Crippen molar-refractivity contribution in [2.75, 3.05) is 42.2 Å². The quantitative estimate of drug-likeness (QED) is 0.224. The Morgan fingerprint density at radius 2 is 1.74 bits per heavy atom. The van der Waals surface area contributed by atoms with Crippen LogP contribution >= 0.6 is 0 Å². The fourth-order valence-corrected chi connectivity index (χ4v) is 4.70. The SMILES string of the molecule is NNc1ccc(N2CCN(C(=O)c3cc(Cc4n[nH]c(=O)c5ccccc45)ccc3C(F)(F)F)CC2)nc1N. The van der Waals surface area contributed by atoms with E-state index in [4.69, 9.17) is 11.6 Å². The number of aromatic amines is 1. The van der Waals surface area contributed by atoms with E-state index in [1.807, 2.05) is 4.90 Å². The number of nitrogens with two attached hydrogens (primary N) is 2. The fourth-order valence-electron chi connectivity index (χ4n) is 4.70. The normalized spacial score (nSPS) is 14.1. The Hall–Kier alpha value is -4.65. The molecule has 1 aliphatic heterocycles. The van der Waals surface area contributed by atoms with Crippen molar-refractivity contribution in [2.24, 2.45) is 5.84 Å². The first kappa shape index (κ1) is 26.0. The highest BCUT2D eigenvalue weighted by Gasteiger charge is 2.37. The zero-order valence-corrected chi connectivity index (χ0v) is 20.6. The smallest absolute Gasteiger partial charge is 0.382 e. The number of pyridine rings is 1. The van der Waals surface area contributed by atoms with E-state index in [0.29, 0.717) is 46.6 Å². The standard InChI is InChI=1S/C26H25F3N8O2/c27-26(28,29)19-6-5-15(14-21-16-3-1-2-4-17(16)24(38)35-34-21)13-18(19)25(39)37-11-9-36(10-12-37)22-8-7-20(33-31)23(30)32-22/h1-8,13,33H,9-12,14,31H2,(H2,30,32)(H,35,38). The lowest BCUT2D eigenvalue weighted by molar-refractivity contribution is -0.138. The van der Waals surface area contributed by atoms with Crippen LogP contribution in [0.15, 0.2) is 59.4 Å². The Labute approximate surface area is 220 Å². The number of aromatic nitrogens is 3. The van der Waals surface area contributed by atoms with Crippen molar-refractivity contribution in [3.63, 3.8) is 0 Å². The van der Waals surface area contributed by atoms with Crippen LogP contribution in [0.2, 0.25) is 0 Å². The van der Waals surface area contributed by atoms with Crippen LogP contribution < -0.4 is 27.5 Å². The number of benzene rings is 2. The minimum absolute atomic E-state index is 0.129. The lowest BCUT2D eigenvalue weighted by Gasteiger charge is -2.36. The Morgan fingerprint density at radius 1 is 1.03 bits per heavy atom. The minimum Gasteiger partial charge on any atom is -0.382 e. The Morgan fingerprint density at radius 3 is 2.41 bits per heavy atom. The number of anilines is 3. The van der Waals surface area contributed by atoms with Crippen molar-refractivity contribution < 1.29 is 18.0 Å². The molecule has 0 unspecified atom stereocenters. The van der Waals surface area contributed by atoms with E-state index in [1.54, 1.807) is 36.4 Å². The van der Waals surface area contributed by atoms with Gasteiger partial charge in [-0.05, 0) is 35.9 Å². The number of fused-ring (bicyclic) bond motifs is 1. The number of H-pyrrole nitrogens is 1. The molecule has 2 aromatic heterocycles. The third kappa shape index (κ3) is 5.21. The zero-order chi connectivity index (χ0) is 27.7. The number of hydrazine groups is 1. The number of rotatable bonds is 5. The second-order valence-electron chi connectivity index (χ2n) is 9.13. The van der Waals surface area contributed by atoms with Gasteiger partial charge in [-0.15, -0.1) is 0 Å². The van der Waals surface area contributed by atoms with Crippen LogP contribution in [0.4, 0.5) is 30.5 Å². The van der Waals surface area contributed by atoms with E-state index in [1.165, 1.54) is 17.0 Å². The number of amides is 1. The van der Waals surface area contributed by atoms with Gasteiger partial charge in [-0.2, -0.15) is 18.3 Å². The molecule has 0 aliphatic carbocycles. The maximum absolute atomic E-state index is 13.9. The lowest BCUT2D eigenvalue weighted by Crippen LogP contribution is -2.49. The van der Waals surface area contributed by atoms with Gasteiger partial charge in [0.15, 0.2) is 5.82 Å². The molecule has 0 saturated carbocycles. The van der Waals surface area contributed by atoms with E-state index in [2.05, 4.69) is 20.6 Å². The predicted molar refractivity (Wildman–Crippen MR) is 141 cm³/mol. The first-order valence-corrected chi connectivity index (χ1v) is 12.1. The molecule has 39 heavy (non-hydrogen) atoms. The number of piperazine rings is 1. The van der Waals surface area contributed by atoms with Crippen LogP contribution in [-0.4, -0.2) is 52.2 Å². The molecule has 0 atom stereocenters. The summed E-state index contributed by atoms with van der Waals surface area (Å²) in [5.74, 6) is 5.47. The molecule has 1 amide bonds. The van der Waals surface area contributed by atoms with Crippen LogP contribution in [0.25, 0.3) is 10.8 Å². The number of hydrogen-bond acceptors (Lipinski definition) is 8. The second-order valence-corrected chi connectivity index (χ2v) is 9.13. The second kappa shape index (κ2) is 10.3. The van der Waals surface area contributed by atoms with Gasteiger partial charge >= 0.3 is 6.18 Å². The average molecular weight is 539 g/mol. The van der Waals surface area contributed by atoms with Gasteiger partial charge in [0.2, 0.25) is 0 Å². The largest absolute Gasteiger partial charge is 0.417 e. The van der Waals surface area contributed by atoms with Gasteiger partial charge < -0.3 is 21.0 Å². The third-order valence-corrected chi connectivity index (χ3v) is 6.72. The van der Waals surface area contributed by atoms with E-state index in [-0.39, 0.29) is 30.9 Å². The molecule has 4 aromatic rings. The molecule has 202 valence electrons. The molecule has 5 rings (SSSR count). The summed E-state index contributed by atoms with van der Waals surface area (Å²) in [5.41, 5.74) is 7.95. The molecule has 2 aromatic carbocycles. The molecule has 3 heterocycles. The number of nitrogens with zero attached hydrogens (tertiary/aromatic N) is 4. The summed E-state index contributed by atoms with van der Waals surface area (Å²) >= 11 is 0. The van der Waals surface area contributed by atoms with Crippen LogP contribution in [0.1, 0.15) is 27.2 Å². The Bertz CT molecular complexity index is 1600. The first-order chi connectivity index (χ1) is 18.7. The summed E-state index contributed by atoms with van der Waals surface area (Å²) in [4.78, 5) is 33.1. The lowest BCUT2D eigenvalue weighted by atomic mass is 9.98. The minimum atomic E-state index is -4.71. The van der Waals surface area contributed by atoms with Crippen LogP contribution in [0, 0.1) is 0 Å². The number of alkyl halides is 3. The number of hydrogen-bond donors (Lipinski definition) is 4. The summed E-state index contributed by atoms with van der Waals surface area (Å²) in [7, 11) is 0. The van der Waals surface area contributed by atoms with Crippen molar-refractivity contribution in [3.05, 3.63) is 87.3 Å². The molecule has 0 spiro atoms. The van der Waals surface area contributed by atoms with Crippen LogP contribution in [0.5, 0.6) is 0 Å². The van der Waals surface area contributed by atoms with Crippen molar-refractivity contribution in [2.45, 2.75) is 12.6 Å². The van der Waals surface area contributed by atoms with Gasteiger partial charge in [0.05, 0.1) is 27.9 Å². The van der Waals surface area contributed by atoms with E-state index in [9.17, 15) is 22.8 Å². The topological polar surface area (TPSA) is 146 Å².